The smallest absolute Gasteiger partial charge is 0.326 e. The van der Waals surface area contributed by atoms with E-state index in [-0.39, 0.29) is 24.7 Å². The van der Waals surface area contributed by atoms with Gasteiger partial charge < -0.3 is 5.73 Å². The van der Waals surface area contributed by atoms with Gasteiger partial charge >= 0.3 is 6.18 Å². The standard InChI is InChI=1S/C17H25F3N4O6S3/c18-17(19,20)15-7-14(12-32(27,28)16-8-13(9-21)1-2-22-16)10-24(11-15)33(29,30)23-3-5-31(25,26)6-4-23/h1-2,8,14-15H,3-7,9-12,21H2/t14-,15+/m1/s1. The fourth-order valence-electron chi connectivity index (χ4n) is 3.94. The molecule has 16 heteroatoms. The maximum absolute atomic E-state index is 13.6. The Morgan fingerprint density at radius 2 is 1.73 bits per heavy atom. The highest BCUT2D eigenvalue weighted by Gasteiger charge is 2.49. The van der Waals surface area contributed by atoms with E-state index < -0.39 is 84.7 Å². The van der Waals surface area contributed by atoms with E-state index in [1.165, 1.54) is 18.3 Å². The number of halogens is 3. The molecule has 0 spiro atoms. The van der Waals surface area contributed by atoms with Gasteiger partial charge in [-0.25, -0.2) is 21.8 Å². The summed E-state index contributed by atoms with van der Waals surface area (Å²) in [5.41, 5.74) is 5.98. The van der Waals surface area contributed by atoms with Crippen LogP contribution >= 0.6 is 0 Å². The van der Waals surface area contributed by atoms with Crippen molar-refractivity contribution >= 4 is 29.9 Å². The molecule has 1 aromatic rings. The predicted octanol–water partition coefficient (Wildman–Crippen LogP) is -0.210. The molecule has 2 fully saturated rings. The van der Waals surface area contributed by atoms with Gasteiger partial charge in [0.15, 0.2) is 24.7 Å². The van der Waals surface area contributed by atoms with Gasteiger partial charge in [0.05, 0.1) is 23.2 Å². The van der Waals surface area contributed by atoms with Crippen molar-refractivity contribution in [2.75, 3.05) is 43.4 Å². The third kappa shape index (κ3) is 6.22. The van der Waals surface area contributed by atoms with Crippen molar-refractivity contribution in [2.24, 2.45) is 17.6 Å². The first-order valence-electron chi connectivity index (χ1n) is 10.0. The van der Waals surface area contributed by atoms with Crippen LogP contribution < -0.4 is 5.73 Å². The van der Waals surface area contributed by atoms with Crippen LogP contribution in [0.15, 0.2) is 23.4 Å². The summed E-state index contributed by atoms with van der Waals surface area (Å²) < 4.78 is 117. The molecule has 0 aromatic carbocycles. The summed E-state index contributed by atoms with van der Waals surface area (Å²) in [6, 6.07) is 2.74. The van der Waals surface area contributed by atoms with Crippen LogP contribution in [0.25, 0.3) is 0 Å². The Hall–Kier alpha value is -1.33. The predicted molar refractivity (Wildman–Crippen MR) is 113 cm³/mol. The first-order valence-corrected chi connectivity index (χ1v) is 14.9. The van der Waals surface area contributed by atoms with Crippen molar-refractivity contribution in [3.8, 4) is 0 Å². The molecule has 0 aliphatic carbocycles. The maximum atomic E-state index is 13.6. The summed E-state index contributed by atoms with van der Waals surface area (Å²) in [5.74, 6) is -4.77. The zero-order valence-corrected chi connectivity index (χ0v) is 19.9. The molecule has 0 radical (unpaired) electrons. The molecule has 2 atom stereocenters. The van der Waals surface area contributed by atoms with E-state index in [0.29, 0.717) is 9.87 Å². The van der Waals surface area contributed by atoms with Gasteiger partial charge in [0.2, 0.25) is 0 Å². The molecule has 0 unspecified atom stereocenters. The first kappa shape index (κ1) is 26.3. The first-order chi connectivity index (χ1) is 15.1. The summed E-state index contributed by atoms with van der Waals surface area (Å²) in [5, 5.41) is -0.338. The Morgan fingerprint density at radius 1 is 1.09 bits per heavy atom. The van der Waals surface area contributed by atoms with Gasteiger partial charge in [-0.15, -0.1) is 0 Å². The van der Waals surface area contributed by atoms with Crippen LogP contribution in [0.4, 0.5) is 13.2 Å². The number of nitrogens with zero attached hydrogens (tertiary/aromatic N) is 3. The zero-order chi connectivity index (χ0) is 24.7. The molecule has 2 saturated heterocycles. The normalized spacial score (nSPS) is 25.7. The van der Waals surface area contributed by atoms with Gasteiger partial charge in [-0.3, -0.25) is 0 Å². The number of aromatic nitrogens is 1. The average Bonchev–Trinajstić information content (AvgIpc) is 2.72. The SMILES string of the molecule is NCc1ccnc(S(=O)(=O)C[C@@H]2C[C@H](C(F)(F)F)CN(S(=O)(=O)N3CCS(=O)(=O)CC3)C2)c1. The molecule has 0 bridgehead atoms. The molecule has 0 saturated carbocycles. The summed E-state index contributed by atoms with van der Waals surface area (Å²) in [6.07, 6.45) is -4.06. The van der Waals surface area contributed by atoms with Gasteiger partial charge in [0.1, 0.15) is 0 Å². The fraction of sp³-hybridized carbons (Fsp3) is 0.706. The van der Waals surface area contributed by atoms with E-state index in [0.717, 1.165) is 4.31 Å². The van der Waals surface area contributed by atoms with E-state index >= 15 is 0 Å². The summed E-state index contributed by atoms with van der Waals surface area (Å²) in [7, 11) is -11.9. The largest absolute Gasteiger partial charge is 0.393 e. The van der Waals surface area contributed by atoms with E-state index in [1.54, 1.807) is 0 Å². The van der Waals surface area contributed by atoms with E-state index in [1.807, 2.05) is 0 Å². The molecule has 2 aliphatic rings. The van der Waals surface area contributed by atoms with Gasteiger partial charge in [0.25, 0.3) is 10.2 Å². The van der Waals surface area contributed by atoms with Crippen molar-refractivity contribution in [1.29, 1.82) is 0 Å². The number of alkyl halides is 3. The van der Waals surface area contributed by atoms with Crippen molar-refractivity contribution in [1.82, 2.24) is 13.6 Å². The number of pyridine rings is 1. The summed E-state index contributed by atoms with van der Waals surface area (Å²) in [6.45, 7) is -1.98. The minimum Gasteiger partial charge on any atom is -0.326 e. The van der Waals surface area contributed by atoms with Crippen molar-refractivity contribution in [2.45, 2.75) is 24.2 Å². The summed E-state index contributed by atoms with van der Waals surface area (Å²) in [4.78, 5) is 3.78. The highest BCUT2D eigenvalue weighted by Crippen LogP contribution is 2.37. The van der Waals surface area contributed by atoms with Gasteiger partial charge in [-0.2, -0.15) is 30.2 Å². The third-order valence-corrected chi connectivity index (χ3v) is 11.1. The Balaban J connectivity index is 1.85. The van der Waals surface area contributed by atoms with Gasteiger partial charge in [-0.1, -0.05) is 0 Å². The lowest BCUT2D eigenvalue weighted by Gasteiger charge is -2.40. The Labute approximate surface area is 191 Å². The second-order valence-corrected chi connectivity index (χ2v) is 14.4. The Morgan fingerprint density at radius 3 is 2.30 bits per heavy atom. The van der Waals surface area contributed by atoms with Crippen LogP contribution in [0.3, 0.4) is 0 Å². The minimum absolute atomic E-state index is 0.0438. The molecule has 3 heterocycles. The number of sulfone groups is 2. The summed E-state index contributed by atoms with van der Waals surface area (Å²) >= 11 is 0. The minimum atomic E-state index is -4.74. The number of nitrogens with two attached hydrogens (primary N) is 1. The van der Waals surface area contributed by atoms with E-state index in [4.69, 9.17) is 5.73 Å². The second kappa shape index (κ2) is 9.37. The van der Waals surface area contributed by atoms with Crippen molar-refractivity contribution < 1.29 is 38.4 Å². The van der Waals surface area contributed by atoms with Crippen LogP contribution in [0, 0.1) is 11.8 Å². The highest BCUT2D eigenvalue weighted by atomic mass is 32.2. The number of piperidine rings is 1. The maximum Gasteiger partial charge on any atom is 0.393 e. The fourth-order valence-corrected chi connectivity index (χ4v) is 8.69. The lowest BCUT2D eigenvalue weighted by molar-refractivity contribution is -0.186. The van der Waals surface area contributed by atoms with Crippen molar-refractivity contribution in [3.05, 3.63) is 23.9 Å². The molecule has 10 nitrogen and oxygen atoms in total. The third-order valence-electron chi connectivity index (χ3n) is 5.73. The molecular formula is C17H25F3N4O6S3. The number of rotatable bonds is 6. The van der Waals surface area contributed by atoms with Crippen LogP contribution in [0.1, 0.15) is 12.0 Å². The number of hydrogen-bond donors (Lipinski definition) is 1. The second-order valence-electron chi connectivity index (χ2n) is 8.20. The van der Waals surface area contributed by atoms with E-state index in [2.05, 4.69) is 4.98 Å². The van der Waals surface area contributed by atoms with Crippen LogP contribution in [0.5, 0.6) is 0 Å². The van der Waals surface area contributed by atoms with E-state index in [9.17, 15) is 38.4 Å². The molecule has 0 amide bonds. The van der Waals surface area contributed by atoms with Gasteiger partial charge in [0, 0.05) is 38.9 Å². The average molecular weight is 535 g/mol. The molecule has 33 heavy (non-hydrogen) atoms. The lowest BCUT2D eigenvalue weighted by atomic mass is 9.91. The van der Waals surface area contributed by atoms with Crippen LogP contribution in [-0.4, -0.2) is 88.5 Å². The molecule has 1 aromatic heterocycles. The van der Waals surface area contributed by atoms with Crippen molar-refractivity contribution in [3.63, 3.8) is 0 Å². The highest BCUT2D eigenvalue weighted by molar-refractivity contribution is 7.92. The Kier molecular flexibility index (Phi) is 7.46. The molecular weight excluding hydrogens is 509 g/mol. The molecule has 2 aliphatic heterocycles. The van der Waals surface area contributed by atoms with Crippen LogP contribution in [0.2, 0.25) is 0 Å². The Bertz CT molecular complexity index is 1170. The lowest BCUT2D eigenvalue weighted by Crippen LogP contribution is -2.56. The quantitative estimate of drug-likeness (QED) is 0.527. The van der Waals surface area contributed by atoms with Gasteiger partial charge in [-0.05, 0) is 30.0 Å². The molecule has 3 rings (SSSR count). The number of hydrogen-bond acceptors (Lipinski definition) is 8. The zero-order valence-electron chi connectivity index (χ0n) is 17.5. The topological polar surface area (TPSA) is 148 Å². The molecule has 2 N–H and O–H groups in total. The molecule has 188 valence electrons. The monoisotopic (exact) mass is 534 g/mol. The van der Waals surface area contributed by atoms with Crippen LogP contribution in [-0.2, 0) is 36.4 Å².